The molecule has 0 saturated heterocycles. The molecule has 2 aromatic carbocycles. The molecule has 0 aliphatic carbocycles. The molecule has 1 atom stereocenters. The summed E-state index contributed by atoms with van der Waals surface area (Å²) < 4.78 is 5.40. The molecule has 0 aliphatic heterocycles. The van der Waals surface area contributed by atoms with Crippen molar-refractivity contribution in [3.05, 3.63) is 53.6 Å². The highest BCUT2D eigenvalue weighted by Gasteiger charge is 2.05. The van der Waals surface area contributed by atoms with Crippen LogP contribution in [0, 0.1) is 6.92 Å². The molecule has 0 radical (unpaired) electrons. The van der Waals surface area contributed by atoms with Crippen molar-refractivity contribution in [2.24, 2.45) is 5.73 Å². The van der Waals surface area contributed by atoms with Crippen molar-refractivity contribution in [2.45, 2.75) is 19.8 Å². The molecule has 20 heavy (non-hydrogen) atoms. The zero-order chi connectivity index (χ0) is 14.5. The molecular weight excluding hydrogens is 248 g/mol. The van der Waals surface area contributed by atoms with Gasteiger partial charge in [-0.25, -0.2) is 0 Å². The molecule has 106 valence electrons. The summed E-state index contributed by atoms with van der Waals surface area (Å²) in [5.74, 6) is 1.24. The predicted molar refractivity (Wildman–Crippen MR) is 84.9 cm³/mol. The summed E-state index contributed by atoms with van der Waals surface area (Å²) >= 11 is 0. The van der Waals surface area contributed by atoms with Crippen LogP contribution in [-0.2, 0) is 0 Å². The zero-order valence-electron chi connectivity index (χ0n) is 12.3. The summed E-state index contributed by atoms with van der Waals surface area (Å²) in [6.45, 7) is 4.85. The first kappa shape index (κ1) is 14.4. The van der Waals surface area contributed by atoms with E-state index >= 15 is 0 Å². The minimum atomic E-state index is 0.387. The number of rotatable bonds is 5. The van der Waals surface area contributed by atoms with E-state index in [2.05, 4.69) is 49.5 Å². The van der Waals surface area contributed by atoms with E-state index in [1.165, 1.54) is 11.1 Å². The molecule has 1 unspecified atom stereocenters. The van der Waals surface area contributed by atoms with Crippen LogP contribution in [0.2, 0.25) is 0 Å². The van der Waals surface area contributed by atoms with Gasteiger partial charge in [-0.15, -0.1) is 0 Å². The van der Waals surface area contributed by atoms with Gasteiger partial charge in [0, 0.05) is 5.69 Å². The summed E-state index contributed by atoms with van der Waals surface area (Å²) in [5.41, 5.74) is 10.1. The third-order valence-electron chi connectivity index (χ3n) is 3.47. The second-order valence-electron chi connectivity index (χ2n) is 5.09. The van der Waals surface area contributed by atoms with Crippen molar-refractivity contribution < 1.29 is 4.74 Å². The molecule has 0 aliphatic rings. The van der Waals surface area contributed by atoms with Gasteiger partial charge in [-0.1, -0.05) is 25.1 Å². The summed E-state index contributed by atoms with van der Waals surface area (Å²) in [7, 11) is 1.69. The maximum Gasteiger partial charge on any atom is 0.142 e. The molecule has 0 fully saturated rings. The van der Waals surface area contributed by atoms with Gasteiger partial charge in [0.15, 0.2) is 0 Å². The normalized spacial score (nSPS) is 12.0. The minimum absolute atomic E-state index is 0.387. The predicted octanol–water partition coefficient (Wildman–Crippen LogP) is 3.81. The molecule has 2 aromatic rings. The Morgan fingerprint density at radius 2 is 1.85 bits per heavy atom. The van der Waals surface area contributed by atoms with Gasteiger partial charge in [-0.3, -0.25) is 0 Å². The number of nitrogens with two attached hydrogens (primary N) is 1. The van der Waals surface area contributed by atoms with Crippen LogP contribution < -0.4 is 15.8 Å². The van der Waals surface area contributed by atoms with Crippen LogP contribution >= 0.6 is 0 Å². The van der Waals surface area contributed by atoms with Gasteiger partial charge in [0.1, 0.15) is 5.75 Å². The lowest BCUT2D eigenvalue weighted by Crippen LogP contribution is -2.08. The fourth-order valence-corrected chi connectivity index (χ4v) is 2.09. The second-order valence-corrected chi connectivity index (χ2v) is 5.09. The van der Waals surface area contributed by atoms with E-state index in [1.807, 2.05) is 12.1 Å². The monoisotopic (exact) mass is 270 g/mol. The fourth-order valence-electron chi connectivity index (χ4n) is 2.09. The number of anilines is 2. The smallest absolute Gasteiger partial charge is 0.142 e. The van der Waals surface area contributed by atoms with E-state index in [0.717, 1.165) is 17.1 Å². The summed E-state index contributed by atoms with van der Waals surface area (Å²) in [6, 6.07) is 14.5. The second kappa shape index (κ2) is 6.44. The number of nitrogens with one attached hydrogen (secondary N) is 1. The molecular formula is C17H22N2O. The van der Waals surface area contributed by atoms with E-state index in [9.17, 15) is 0 Å². The standard InChI is InChI=1S/C17H22N2O/c1-12-4-9-16(17(10-12)20-3)19-15-7-5-14(6-8-15)13(2)11-18/h4-10,13,19H,11,18H2,1-3H3. The van der Waals surface area contributed by atoms with Crippen LogP contribution in [-0.4, -0.2) is 13.7 Å². The number of aryl methyl sites for hydroxylation is 1. The topological polar surface area (TPSA) is 47.3 Å². The van der Waals surface area contributed by atoms with Gasteiger partial charge in [-0.05, 0) is 54.8 Å². The molecule has 0 spiro atoms. The summed E-state index contributed by atoms with van der Waals surface area (Å²) in [4.78, 5) is 0. The highest BCUT2D eigenvalue weighted by atomic mass is 16.5. The van der Waals surface area contributed by atoms with E-state index in [1.54, 1.807) is 7.11 Å². The van der Waals surface area contributed by atoms with E-state index in [4.69, 9.17) is 10.5 Å². The molecule has 0 amide bonds. The van der Waals surface area contributed by atoms with Crippen LogP contribution in [0.25, 0.3) is 0 Å². The number of hydrogen-bond acceptors (Lipinski definition) is 3. The largest absolute Gasteiger partial charge is 0.495 e. The van der Waals surface area contributed by atoms with E-state index < -0.39 is 0 Å². The minimum Gasteiger partial charge on any atom is -0.495 e. The molecule has 0 saturated carbocycles. The van der Waals surface area contributed by atoms with Crippen LogP contribution in [0.3, 0.4) is 0 Å². The van der Waals surface area contributed by atoms with Crippen molar-refractivity contribution >= 4 is 11.4 Å². The van der Waals surface area contributed by atoms with Crippen molar-refractivity contribution in [3.8, 4) is 5.75 Å². The first-order chi connectivity index (χ1) is 9.63. The van der Waals surface area contributed by atoms with Crippen LogP contribution in [0.1, 0.15) is 24.0 Å². The Morgan fingerprint density at radius 1 is 1.15 bits per heavy atom. The average molecular weight is 270 g/mol. The van der Waals surface area contributed by atoms with Crippen molar-refractivity contribution in [3.63, 3.8) is 0 Å². The van der Waals surface area contributed by atoms with Gasteiger partial charge in [-0.2, -0.15) is 0 Å². The van der Waals surface area contributed by atoms with Gasteiger partial charge >= 0.3 is 0 Å². The van der Waals surface area contributed by atoms with Crippen molar-refractivity contribution in [2.75, 3.05) is 19.0 Å². The molecule has 3 nitrogen and oxygen atoms in total. The number of ether oxygens (including phenoxy) is 1. The number of methoxy groups -OCH3 is 1. The fraction of sp³-hybridized carbons (Fsp3) is 0.294. The Morgan fingerprint density at radius 3 is 2.45 bits per heavy atom. The molecule has 3 N–H and O–H groups in total. The summed E-state index contributed by atoms with van der Waals surface area (Å²) in [5, 5.41) is 3.38. The zero-order valence-corrected chi connectivity index (χ0v) is 12.3. The van der Waals surface area contributed by atoms with Crippen molar-refractivity contribution in [1.29, 1.82) is 0 Å². The highest BCUT2D eigenvalue weighted by molar-refractivity contribution is 5.67. The lowest BCUT2D eigenvalue weighted by atomic mass is 10.0. The van der Waals surface area contributed by atoms with Gasteiger partial charge in [0.05, 0.1) is 12.8 Å². The van der Waals surface area contributed by atoms with Crippen molar-refractivity contribution in [1.82, 2.24) is 0 Å². The third kappa shape index (κ3) is 3.31. The first-order valence-corrected chi connectivity index (χ1v) is 6.85. The maximum atomic E-state index is 5.69. The summed E-state index contributed by atoms with van der Waals surface area (Å²) in [6.07, 6.45) is 0. The van der Waals surface area contributed by atoms with Gasteiger partial charge in [0.25, 0.3) is 0 Å². The molecule has 3 heteroatoms. The Kier molecular flexibility index (Phi) is 4.64. The molecule has 0 aromatic heterocycles. The Bertz CT molecular complexity index is 564. The molecule has 2 rings (SSSR count). The van der Waals surface area contributed by atoms with Gasteiger partial charge in [0.2, 0.25) is 0 Å². The number of benzene rings is 2. The highest BCUT2D eigenvalue weighted by Crippen LogP contribution is 2.29. The van der Waals surface area contributed by atoms with E-state index in [0.29, 0.717) is 12.5 Å². The Labute approximate surface area is 120 Å². The first-order valence-electron chi connectivity index (χ1n) is 6.85. The lowest BCUT2D eigenvalue weighted by molar-refractivity contribution is 0.416. The average Bonchev–Trinajstić information content (AvgIpc) is 2.49. The maximum absolute atomic E-state index is 5.69. The van der Waals surface area contributed by atoms with E-state index in [-0.39, 0.29) is 0 Å². The quantitative estimate of drug-likeness (QED) is 0.868. The third-order valence-corrected chi connectivity index (χ3v) is 3.47. The van der Waals surface area contributed by atoms with Crippen LogP contribution in [0.4, 0.5) is 11.4 Å². The lowest BCUT2D eigenvalue weighted by Gasteiger charge is -2.13. The van der Waals surface area contributed by atoms with Gasteiger partial charge < -0.3 is 15.8 Å². The van der Waals surface area contributed by atoms with Crippen LogP contribution in [0.5, 0.6) is 5.75 Å². The Balaban J connectivity index is 2.18. The molecule has 0 bridgehead atoms. The van der Waals surface area contributed by atoms with Crippen LogP contribution in [0.15, 0.2) is 42.5 Å². The SMILES string of the molecule is COc1cc(C)ccc1Nc1ccc(C(C)CN)cc1. The molecule has 0 heterocycles. The number of hydrogen-bond donors (Lipinski definition) is 2. The Hall–Kier alpha value is -2.00.